The van der Waals surface area contributed by atoms with Crippen LogP contribution in [-0.4, -0.2) is 14.3 Å². The van der Waals surface area contributed by atoms with Crippen molar-refractivity contribution in [3.63, 3.8) is 0 Å². The Balaban J connectivity index is 1.81. The van der Waals surface area contributed by atoms with E-state index in [1.54, 1.807) is 25.1 Å². The smallest absolute Gasteiger partial charge is 0.261 e. The second-order valence-corrected chi connectivity index (χ2v) is 9.26. The first-order chi connectivity index (χ1) is 14.2. The van der Waals surface area contributed by atoms with E-state index in [9.17, 15) is 13.2 Å². The van der Waals surface area contributed by atoms with Crippen molar-refractivity contribution >= 4 is 33.2 Å². The van der Waals surface area contributed by atoms with E-state index >= 15 is 0 Å². The molecule has 3 aromatic carbocycles. The van der Waals surface area contributed by atoms with Gasteiger partial charge in [-0.2, -0.15) is 0 Å². The van der Waals surface area contributed by atoms with Crippen LogP contribution in [0, 0.1) is 13.8 Å². The number of hydrogen-bond donors (Lipinski definition) is 2. The van der Waals surface area contributed by atoms with Crippen molar-refractivity contribution in [2.24, 2.45) is 0 Å². The largest absolute Gasteiger partial charge is 0.346 e. The molecule has 0 saturated heterocycles. The van der Waals surface area contributed by atoms with Gasteiger partial charge in [-0.15, -0.1) is 0 Å². The highest BCUT2D eigenvalue weighted by atomic mass is 35.5. The molecule has 0 aliphatic carbocycles. The lowest BCUT2D eigenvalue weighted by atomic mass is 10.0. The van der Waals surface area contributed by atoms with Crippen molar-refractivity contribution in [1.29, 1.82) is 0 Å². The highest BCUT2D eigenvalue weighted by Gasteiger charge is 2.18. The maximum Gasteiger partial charge on any atom is 0.261 e. The minimum atomic E-state index is -3.81. The zero-order chi connectivity index (χ0) is 21.9. The predicted molar refractivity (Wildman–Crippen MR) is 120 cm³/mol. The third-order valence-corrected chi connectivity index (χ3v) is 6.50. The van der Waals surface area contributed by atoms with Crippen molar-refractivity contribution in [2.75, 3.05) is 4.72 Å². The Labute approximate surface area is 182 Å². The van der Waals surface area contributed by atoms with Gasteiger partial charge in [-0.1, -0.05) is 41.9 Å². The van der Waals surface area contributed by atoms with Gasteiger partial charge in [0.05, 0.1) is 16.6 Å². The first-order valence-electron chi connectivity index (χ1n) is 9.43. The Morgan fingerprint density at radius 1 is 0.933 bits per heavy atom. The molecule has 30 heavy (non-hydrogen) atoms. The van der Waals surface area contributed by atoms with E-state index in [0.29, 0.717) is 21.8 Å². The van der Waals surface area contributed by atoms with Crippen LogP contribution in [0.15, 0.2) is 71.6 Å². The molecule has 0 aliphatic heterocycles. The van der Waals surface area contributed by atoms with E-state index in [4.69, 9.17) is 11.6 Å². The lowest BCUT2D eigenvalue weighted by molar-refractivity contribution is 0.0940. The van der Waals surface area contributed by atoms with Crippen LogP contribution in [0.5, 0.6) is 0 Å². The summed E-state index contributed by atoms with van der Waals surface area (Å²) in [5, 5.41) is 3.42. The van der Waals surface area contributed by atoms with Crippen LogP contribution in [-0.2, 0) is 10.0 Å². The molecule has 5 nitrogen and oxygen atoms in total. The number of amides is 1. The number of benzene rings is 3. The predicted octanol–water partition coefficient (Wildman–Crippen LogP) is 5.25. The Morgan fingerprint density at radius 3 is 2.27 bits per heavy atom. The number of anilines is 1. The van der Waals surface area contributed by atoms with Gasteiger partial charge < -0.3 is 5.32 Å². The van der Waals surface area contributed by atoms with Gasteiger partial charge in [-0.25, -0.2) is 8.42 Å². The van der Waals surface area contributed by atoms with E-state index in [0.717, 1.165) is 11.1 Å². The SMILES string of the molecule is Cc1ccc(C(=O)N[C@H](C)c2ccccc2C)cc1NS(=O)(=O)c1ccc(Cl)cc1. The molecule has 0 aromatic heterocycles. The molecule has 0 aliphatic rings. The molecular weight excluding hydrogens is 420 g/mol. The Morgan fingerprint density at radius 2 is 1.60 bits per heavy atom. The fourth-order valence-corrected chi connectivity index (χ4v) is 4.37. The molecule has 3 aromatic rings. The minimum Gasteiger partial charge on any atom is -0.346 e. The maximum atomic E-state index is 12.8. The summed E-state index contributed by atoms with van der Waals surface area (Å²) in [6.07, 6.45) is 0. The van der Waals surface area contributed by atoms with Gasteiger partial charge in [0.2, 0.25) is 0 Å². The quantitative estimate of drug-likeness (QED) is 0.547. The lowest BCUT2D eigenvalue weighted by Crippen LogP contribution is -2.27. The van der Waals surface area contributed by atoms with E-state index < -0.39 is 10.0 Å². The van der Waals surface area contributed by atoms with E-state index in [-0.39, 0.29) is 16.8 Å². The maximum absolute atomic E-state index is 12.8. The summed E-state index contributed by atoms with van der Waals surface area (Å²) < 4.78 is 27.9. The molecule has 0 spiro atoms. The molecule has 0 bridgehead atoms. The monoisotopic (exact) mass is 442 g/mol. The van der Waals surface area contributed by atoms with Crippen molar-refractivity contribution in [3.8, 4) is 0 Å². The van der Waals surface area contributed by atoms with Crippen LogP contribution in [0.4, 0.5) is 5.69 Å². The van der Waals surface area contributed by atoms with Crippen molar-refractivity contribution in [3.05, 3.63) is 94.0 Å². The van der Waals surface area contributed by atoms with E-state index in [1.807, 2.05) is 38.1 Å². The summed E-state index contributed by atoms with van der Waals surface area (Å²) in [7, 11) is -3.81. The fraction of sp³-hybridized carbons (Fsp3) is 0.174. The lowest BCUT2D eigenvalue weighted by Gasteiger charge is -2.17. The average Bonchev–Trinajstić information content (AvgIpc) is 2.70. The first kappa shape index (κ1) is 21.9. The number of nitrogens with one attached hydrogen (secondary N) is 2. The number of sulfonamides is 1. The van der Waals surface area contributed by atoms with Crippen LogP contribution in [0.2, 0.25) is 5.02 Å². The van der Waals surface area contributed by atoms with Crippen LogP contribution < -0.4 is 10.0 Å². The minimum absolute atomic E-state index is 0.0920. The number of carbonyl (C=O) groups is 1. The summed E-state index contributed by atoms with van der Waals surface area (Å²) in [6, 6.07) is 18.5. The number of carbonyl (C=O) groups excluding carboxylic acids is 1. The van der Waals surface area contributed by atoms with Gasteiger partial charge in [-0.3, -0.25) is 9.52 Å². The number of hydrogen-bond acceptors (Lipinski definition) is 3. The second kappa shape index (κ2) is 8.90. The van der Waals surface area contributed by atoms with Gasteiger partial charge in [-0.05, 0) is 73.9 Å². The van der Waals surface area contributed by atoms with Crippen LogP contribution in [0.25, 0.3) is 0 Å². The van der Waals surface area contributed by atoms with Crippen LogP contribution >= 0.6 is 11.6 Å². The highest BCUT2D eigenvalue weighted by Crippen LogP contribution is 2.23. The molecule has 0 saturated carbocycles. The molecule has 3 rings (SSSR count). The molecule has 1 atom stereocenters. The van der Waals surface area contributed by atoms with Gasteiger partial charge >= 0.3 is 0 Å². The number of rotatable bonds is 6. The standard InChI is InChI=1S/C23H23ClN2O3S/c1-15-6-4-5-7-21(15)17(3)25-23(27)18-9-8-16(2)22(14-18)26-30(28,29)20-12-10-19(24)11-13-20/h4-14,17,26H,1-3H3,(H,25,27)/t17-/m1/s1. The molecule has 7 heteroatoms. The second-order valence-electron chi connectivity index (χ2n) is 7.14. The molecule has 2 N–H and O–H groups in total. The molecule has 0 radical (unpaired) electrons. The summed E-state index contributed by atoms with van der Waals surface area (Å²) in [4.78, 5) is 12.9. The highest BCUT2D eigenvalue weighted by molar-refractivity contribution is 7.92. The normalized spacial score (nSPS) is 12.3. The molecular formula is C23H23ClN2O3S. The third-order valence-electron chi connectivity index (χ3n) is 4.87. The zero-order valence-corrected chi connectivity index (χ0v) is 18.5. The van der Waals surface area contributed by atoms with E-state index in [1.165, 1.54) is 24.3 Å². The number of aryl methyl sites for hydroxylation is 2. The zero-order valence-electron chi connectivity index (χ0n) is 16.9. The molecule has 0 unspecified atom stereocenters. The fourth-order valence-electron chi connectivity index (χ4n) is 3.12. The summed E-state index contributed by atoms with van der Waals surface area (Å²) >= 11 is 5.84. The molecule has 156 valence electrons. The van der Waals surface area contributed by atoms with E-state index in [2.05, 4.69) is 10.0 Å². The number of halogens is 1. The van der Waals surface area contributed by atoms with Crippen molar-refractivity contribution in [1.82, 2.24) is 5.32 Å². The van der Waals surface area contributed by atoms with Gasteiger partial charge in [0.1, 0.15) is 0 Å². The first-order valence-corrected chi connectivity index (χ1v) is 11.3. The summed E-state index contributed by atoms with van der Waals surface area (Å²) in [5.74, 6) is -0.280. The molecule has 1 amide bonds. The molecule has 0 heterocycles. The van der Waals surface area contributed by atoms with Crippen LogP contribution in [0.1, 0.15) is 40.0 Å². The summed E-state index contributed by atoms with van der Waals surface area (Å²) in [6.45, 7) is 5.68. The van der Waals surface area contributed by atoms with Crippen LogP contribution in [0.3, 0.4) is 0 Å². The van der Waals surface area contributed by atoms with Crippen molar-refractivity contribution in [2.45, 2.75) is 31.7 Å². The van der Waals surface area contributed by atoms with Gasteiger partial charge in [0, 0.05) is 10.6 Å². The summed E-state index contributed by atoms with van der Waals surface area (Å²) in [5.41, 5.74) is 3.54. The third kappa shape index (κ3) is 5.01. The Bertz CT molecular complexity index is 1180. The van der Waals surface area contributed by atoms with Crippen molar-refractivity contribution < 1.29 is 13.2 Å². The molecule has 0 fully saturated rings. The topological polar surface area (TPSA) is 75.3 Å². The Hall–Kier alpha value is -2.83. The van der Waals surface area contributed by atoms with Gasteiger partial charge in [0.25, 0.3) is 15.9 Å². The average molecular weight is 443 g/mol. The Kier molecular flexibility index (Phi) is 6.48. The van der Waals surface area contributed by atoms with Gasteiger partial charge in [0.15, 0.2) is 0 Å².